The Kier molecular flexibility index (Phi) is 4.24. The van der Waals surface area contributed by atoms with Gasteiger partial charge in [-0.3, -0.25) is 4.31 Å². The van der Waals surface area contributed by atoms with Gasteiger partial charge in [0.05, 0.1) is 22.2 Å². The first-order valence-electron chi connectivity index (χ1n) is 6.28. The molecule has 0 saturated heterocycles. The molecule has 0 spiro atoms. The molecule has 0 radical (unpaired) electrons. The largest absolute Gasteiger partial charge is 0.264 e. The van der Waals surface area contributed by atoms with Gasteiger partial charge in [0, 0.05) is 6.54 Å². The lowest BCUT2D eigenvalue weighted by Crippen LogP contribution is -2.31. The van der Waals surface area contributed by atoms with Crippen LogP contribution in [0.4, 0.5) is 10.1 Å². The number of nitriles is 1. The Bertz CT molecular complexity index is 797. The van der Waals surface area contributed by atoms with Crippen LogP contribution in [0.3, 0.4) is 0 Å². The molecule has 0 aliphatic carbocycles. The van der Waals surface area contributed by atoms with Gasteiger partial charge >= 0.3 is 0 Å². The maximum Gasteiger partial charge on any atom is 0.264 e. The number of anilines is 1. The molecule has 0 fully saturated rings. The van der Waals surface area contributed by atoms with Gasteiger partial charge in [-0.05, 0) is 37.3 Å². The second-order valence-corrected chi connectivity index (χ2v) is 6.12. The molecular weight excluding hydrogens is 291 g/mol. The Morgan fingerprint density at radius 1 is 1.19 bits per heavy atom. The van der Waals surface area contributed by atoms with Gasteiger partial charge in [-0.25, -0.2) is 12.8 Å². The molecule has 0 bridgehead atoms. The Morgan fingerprint density at radius 2 is 1.90 bits per heavy atom. The molecule has 0 aliphatic rings. The van der Waals surface area contributed by atoms with Gasteiger partial charge in [-0.1, -0.05) is 18.2 Å². The van der Waals surface area contributed by atoms with E-state index in [1.807, 2.05) is 6.07 Å². The number of para-hydroxylation sites is 1. The smallest absolute Gasteiger partial charge is 0.264 e. The highest BCUT2D eigenvalue weighted by Gasteiger charge is 2.25. The van der Waals surface area contributed by atoms with Crippen molar-refractivity contribution in [2.45, 2.75) is 11.8 Å². The molecule has 2 aromatic carbocycles. The third-order valence-electron chi connectivity index (χ3n) is 2.96. The van der Waals surface area contributed by atoms with E-state index in [0.717, 1.165) is 4.31 Å². The first-order valence-corrected chi connectivity index (χ1v) is 7.72. The van der Waals surface area contributed by atoms with Crippen LogP contribution in [0.2, 0.25) is 0 Å². The third-order valence-corrected chi connectivity index (χ3v) is 4.84. The maximum atomic E-state index is 13.9. The van der Waals surface area contributed by atoms with Crippen LogP contribution in [0.5, 0.6) is 0 Å². The van der Waals surface area contributed by atoms with Gasteiger partial charge in [0.1, 0.15) is 5.82 Å². The first-order chi connectivity index (χ1) is 10.0. The van der Waals surface area contributed by atoms with E-state index in [1.165, 1.54) is 42.5 Å². The Balaban J connectivity index is 2.55. The van der Waals surface area contributed by atoms with Crippen molar-refractivity contribution in [2.75, 3.05) is 10.8 Å². The fraction of sp³-hybridized carbons (Fsp3) is 0.133. The van der Waals surface area contributed by atoms with Crippen LogP contribution in [0, 0.1) is 17.1 Å². The normalized spacial score (nSPS) is 10.9. The molecule has 0 heterocycles. The van der Waals surface area contributed by atoms with E-state index in [9.17, 15) is 12.8 Å². The van der Waals surface area contributed by atoms with Crippen LogP contribution in [0.15, 0.2) is 53.4 Å². The van der Waals surface area contributed by atoms with E-state index in [1.54, 1.807) is 13.0 Å². The van der Waals surface area contributed by atoms with Gasteiger partial charge < -0.3 is 0 Å². The molecule has 21 heavy (non-hydrogen) atoms. The van der Waals surface area contributed by atoms with Crippen LogP contribution in [-0.2, 0) is 10.0 Å². The molecule has 108 valence electrons. The lowest BCUT2D eigenvalue weighted by Gasteiger charge is -2.23. The summed E-state index contributed by atoms with van der Waals surface area (Å²) in [6.45, 7) is 1.71. The molecule has 0 N–H and O–H groups in total. The SMILES string of the molecule is CCN(c1ccccc1F)S(=O)(=O)c1cccc(C#N)c1. The van der Waals surface area contributed by atoms with Crippen LogP contribution < -0.4 is 4.31 Å². The number of benzene rings is 2. The number of sulfonamides is 1. The molecular formula is C15H13FN2O2S. The quantitative estimate of drug-likeness (QED) is 0.872. The minimum Gasteiger partial charge on any atom is -0.264 e. The second-order valence-electron chi connectivity index (χ2n) is 4.26. The van der Waals surface area contributed by atoms with Crippen LogP contribution in [0.1, 0.15) is 12.5 Å². The minimum atomic E-state index is -3.92. The zero-order valence-electron chi connectivity index (χ0n) is 11.3. The highest BCUT2D eigenvalue weighted by Crippen LogP contribution is 2.26. The topological polar surface area (TPSA) is 61.2 Å². The summed E-state index contributed by atoms with van der Waals surface area (Å²) in [5.74, 6) is -0.612. The number of nitrogens with zero attached hydrogens (tertiary/aromatic N) is 2. The number of rotatable bonds is 4. The zero-order valence-corrected chi connectivity index (χ0v) is 12.1. The van der Waals surface area contributed by atoms with Crippen LogP contribution >= 0.6 is 0 Å². The molecule has 2 rings (SSSR count). The first kappa shape index (κ1) is 15.0. The van der Waals surface area contributed by atoms with E-state index in [0.29, 0.717) is 0 Å². The van der Waals surface area contributed by atoms with Crippen LogP contribution in [-0.4, -0.2) is 15.0 Å². The lowest BCUT2D eigenvalue weighted by molar-refractivity contribution is 0.586. The molecule has 0 atom stereocenters. The van der Waals surface area contributed by atoms with Crippen molar-refractivity contribution in [3.05, 3.63) is 59.9 Å². The number of halogens is 1. The van der Waals surface area contributed by atoms with Gasteiger partial charge in [0.2, 0.25) is 0 Å². The average Bonchev–Trinajstić information content (AvgIpc) is 2.50. The van der Waals surface area contributed by atoms with Crippen molar-refractivity contribution in [1.29, 1.82) is 5.26 Å². The summed E-state index contributed by atoms with van der Waals surface area (Å²) in [5.41, 5.74) is 0.225. The molecule has 0 saturated carbocycles. The monoisotopic (exact) mass is 304 g/mol. The van der Waals surface area contributed by atoms with E-state index in [-0.39, 0.29) is 22.7 Å². The van der Waals surface area contributed by atoms with E-state index >= 15 is 0 Å². The predicted molar refractivity (Wildman–Crippen MR) is 77.8 cm³/mol. The van der Waals surface area contributed by atoms with E-state index < -0.39 is 15.8 Å². The lowest BCUT2D eigenvalue weighted by atomic mass is 10.2. The summed E-state index contributed by atoms with van der Waals surface area (Å²) in [4.78, 5) is -0.0355. The summed E-state index contributed by atoms with van der Waals surface area (Å²) >= 11 is 0. The Morgan fingerprint density at radius 3 is 2.52 bits per heavy atom. The summed E-state index contributed by atoms with van der Waals surface area (Å²) < 4.78 is 40.1. The molecule has 0 aliphatic heterocycles. The number of hydrogen-bond donors (Lipinski definition) is 0. The summed E-state index contributed by atoms with van der Waals surface area (Å²) in [6.07, 6.45) is 0. The highest BCUT2D eigenvalue weighted by molar-refractivity contribution is 7.92. The predicted octanol–water partition coefficient (Wildman–Crippen LogP) is 2.91. The van der Waals surface area contributed by atoms with Crippen LogP contribution in [0.25, 0.3) is 0 Å². The van der Waals surface area contributed by atoms with Gasteiger partial charge in [-0.2, -0.15) is 5.26 Å². The van der Waals surface area contributed by atoms with E-state index in [2.05, 4.69) is 0 Å². The van der Waals surface area contributed by atoms with Gasteiger partial charge in [-0.15, -0.1) is 0 Å². The van der Waals surface area contributed by atoms with Crippen molar-refractivity contribution in [1.82, 2.24) is 0 Å². The molecule has 0 amide bonds. The van der Waals surface area contributed by atoms with Gasteiger partial charge in [0.15, 0.2) is 0 Å². The minimum absolute atomic E-state index is 0.0117. The highest BCUT2D eigenvalue weighted by atomic mass is 32.2. The molecule has 0 unspecified atom stereocenters. The van der Waals surface area contributed by atoms with Crippen molar-refractivity contribution >= 4 is 15.7 Å². The molecule has 4 nitrogen and oxygen atoms in total. The summed E-state index contributed by atoms with van der Waals surface area (Å²) in [5, 5.41) is 8.87. The average molecular weight is 304 g/mol. The molecule has 0 aromatic heterocycles. The second kappa shape index (κ2) is 5.94. The third kappa shape index (κ3) is 2.88. The standard InChI is InChI=1S/C15H13FN2O2S/c1-2-18(15-9-4-3-8-14(15)16)21(19,20)13-7-5-6-12(10-13)11-17/h3-10H,2H2,1H3. The Hall–Kier alpha value is -2.39. The number of hydrogen-bond acceptors (Lipinski definition) is 3. The van der Waals surface area contributed by atoms with E-state index in [4.69, 9.17) is 5.26 Å². The summed E-state index contributed by atoms with van der Waals surface area (Å²) in [7, 11) is -3.92. The summed E-state index contributed by atoms with van der Waals surface area (Å²) in [6, 6.07) is 13.2. The Labute approximate surface area is 123 Å². The molecule has 2 aromatic rings. The fourth-order valence-corrected chi connectivity index (χ4v) is 3.50. The zero-order chi connectivity index (χ0) is 15.5. The van der Waals surface area contributed by atoms with Gasteiger partial charge in [0.25, 0.3) is 10.0 Å². The van der Waals surface area contributed by atoms with Crippen molar-refractivity contribution in [2.24, 2.45) is 0 Å². The van der Waals surface area contributed by atoms with Crippen molar-refractivity contribution in [3.8, 4) is 6.07 Å². The molecule has 6 heteroatoms. The maximum absolute atomic E-state index is 13.9. The fourth-order valence-electron chi connectivity index (χ4n) is 1.98. The van der Waals surface area contributed by atoms with Crippen molar-refractivity contribution in [3.63, 3.8) is 0 Å². The van der Waals surface area contributed by atoms with Crippen molar-refractivity contribution < 1.29 is 12.8 Å².